The number of hydrogen-bond donors (Lipinski definition) is 4. The quantitative estimate of drug-likeness (QED) is 0.112. The lowest BCUT2D eigenvalue weighted by Gasteiger charge is -2.31. The first-order valence-electron chi connectivity index (χ1n) is 19.4. The number of nitrogens with one attached hydrogen (secondary N) is 1. The second kappa shape index (κ2) is 16.4. The fourth-order valence-corrected chi connectivity index (χ4v) is 7.80. The van der Waals surface area contributed by atoms with E-state index in [9.17, 15) is 33.9 Å². The Balaban J connectivity index is 0.000000317. The van der Waals surface area contributed by atoms with Crippen LogP contribution in [0.1, 0.15) is 85.1 Å². The van der Waals surface area contributed by atoms with Crippen LogP contribution in [-0.4, -0.2) is 98.7 Å². The minimum absolute atomic E-state index is 0.0600. The van der Waals surface area contributed by atoms with E-state index in [4.69, 9.17) is 25.3 Å². The molecule has 20 heteroatoms. The highest BCUT2D eigenvalue weighted by Crippen LogP contribution is 2.41. The Labute approximate surface area is 335 Å². The summed E-state index contributed by atoms with van der Waals surface area (Å²) in [6.07, 6.45) is 4.71. The number of unbranched alkanes of at least 4 members (excludes halogenated alkanes) is 1. The van der Waals surface area contributed by atoms with Gasteiger partial charge in [-0.15, -0.1) is 5.10 Å². The van der Waals surface area contributed by atoms with Crippen LogP contribution in [0.4, 0.5) is 4.79 Å². The number of primary amides is 1. The third-order valence-corrected chi connectivity index (χ3v) is 11.1. The average Bonchev–Trinajstić information content (AvgIpc) is 3.83. The Hall–Kier alpha value is -6.54. The second-order valence-electron chi connectivity index (χ2n) is 14.6. The maximum absolute atomic E-state index is 13.6. The van der Waals surface area contributed by atoms with Crippen LogP contribution in [0.2, 0.25) is 0 Å². The van der Waals surface area contributed by atoms with Gasteiger partial charge in [0.1, 0.15) is 18.7 Å². The van der Waals surface area contributed by atoms with E-state index in [0.717, 1.165) is 51.4 Å². The zero-order valence-electron chi connectivity index (χ0n) is 32.8. The van der Waals surface area contributed by atoms with Crippen LogP contribution in [0.3, 0.4) is 0 Å². The molecule has 5 aromatic rings. The van der Waals surface area contributed by atoms with Crippen molar-refractivity contribution in [3.8, 4) is 17.1 Å². The summed E-state index contributed by atoms with van der Waals surface area (Å²) >= 11 is 0. The van der Waals surface area contributed by atoms with E-state index in [2.05, 4.69) is 20.6 Å². The number of carboxylic acid groups (broad SMARTS) is 1. The monoisotopic (exact) mass is 812 g/mol. The van der Waals surface area contributed by atoms with Crippen LogP contribution in [0.5, 0.6) is 5.75 Å². The largest absolute Gasteiger partial charge is 0.481 e. The number of benzene rings is 1. The predicted octanol–water partition coefficient (Wildman–Crippen LogP) is 1.37. The van der Waals surface area contributed by atoms with E-state index in [1.54, 1.807) is 34.6 Å². The van der Waals surface area contributed by atoms with Gasteiger partial charge < -0.3 is 40.2 Å². The third-order valence-electron chi connectivity index (χ3n) is 11.1. The summed E-state index contributed by atoms with van der Waals surface area (Å²) in [6.45, 7) is 5.71. The van der Waals surface area contributed by atoms with Crippen LogP contribution in [0, 0.1) is 0 Å². The molecule has 20 nitrogen and oxygen atoms in total. The van der Waals surface area contributed by atoms with E-state index in [0.29, 0.717) is 55.1 Å². The summed E-state index contributed by atoms with van der Waals surface area (Å²) in [5, 5.41) is 31.3. The molecule has 0 bridgehead atoms. The van der Waals surface area contributed by atoms with E-state index < -0.39 is 35.2 Å². The van der Waals surface area contributed by atoms with Crippen molar-refractivity contribution >= 4 is 40.5 Å². The number of ether oxygens (including phenoxy) is 2. The number of carbonyl (C=O) groups is 4. The van der Waals surface area contributed by atoms with E-state index >= 15 is 0 Å². The molecule has 1 atom stereocenters. The number of amides is 2. The third kappa shape index (κ3) is 7.63. The molecule has 0 aliphatic carbocycles. The minimum Gasteiger partial charge on any atom is -0.481 e. The van der Waals surface area contributed by atoms with Crippen LogP contribution < -0.4 is 27.0 Å². The van der Waals surface area contributed by atoms with Gasteiger partial charge in [-0.1, -0.05) is 19.1 Å². The standard InChI is InChI=1S/C33H38N4O8.C6H6N6O2/c1-3-21-22-15-20(45-32(42)36-13-10-19(11-14-36)34-12-6-5-7-28(38)39)8-9-26(22)35-29-23(21)17-37-27(29)16-25-24(30(37)40)18-44-31(41)33(25,43)4-2;1-11-6(14)12-2-8-3(4(7)13)5(12)9-10-11/h8-9,15-16,19,34,43H,3-7,10-14,17-18H2,1-2H3,(H,38,39);2H,1H3,(H2,7,13)/t33-;/m0./s1. The zero-order valence-corrected chi connectivity index (χ0v) is 32.8. The normalized spacial score (nSPS) is 17.2. The van der Waals surface area contributed by atoms with Gasteiger partial charge >= 0.3 is 23.7 Å². The molecule has 310 valence electrons. The molecule has 2 amide bonds. The Morgan fingerprint density at radius 1 is 1.08 bits per heavy atom. The van der Waals surface area contributed by atoms with Gasteiger partial charge in [0.25, 0.3) is 11.5 Å². The number of nitrogens with zero attached hydrogens (tertiary/aromatic N) is 8. The number of carboxylic acids is 1. The van der Waals surface area contributed by atoms with Crippen molar-refractivity contribution in [2.75, 3.05) is 19.6 Å². The van der Waals surface area contributed by atoms with Gasteiger partial charge in [-0.25, -0.2) is 28.8 Å². The Morgan fingerprint density at radius 3 is 2.54 bits per heavy atom. The topological polar surface area (TPSA) is 268 Å². The first-order valence-corrected chi connectivity index (χ1v) is 19.4. The van der Waals surface area contributed by atoms with Gasteiger partial charge in [-0.05, 0) is 74.9 Å². The molecule has 3 aliphatic rings. The second-order valence-corrected chi connectivity index (χ2v) is 14.6. The number of aliphatic hydroxyl groups is 1. The molecule has 0 spiro atoms. The van der Waals surface area contributed by atoms with Gasteiger partial charge in [0.2, 0.25) is 0 Å². The van der Waals surface area contributed by atoms with Crippen molar-refractivity contribution in [2.24, 2.45) is 12.8 Å². The lowest BCUT2D eigenvalue weighted by atomic mass is 9.86. The highest BCUT2D eigenvalue weighted by molar-refractivity contribution is 5.96. The highest BCUT2D eigenvalue weighted by Gasteiger charge is 2.45. The molecule has 4 aromatic heterocycles. The van der Waals surface area contributed by atoms with Gasteiger partial charge in [0.15, 0.2) is 16.9 Å². The molecular weight excluding hydrogens is 768 g/mol. The SMILES string of the molecule is CCc1c2c(nc3ccc(OC(=O)N4CCC(NCCCCC(=O)O)CC4)cc13)-c1cc3c(c(=O)n1C2)COC(=O)[C@]3(O)CC.Cn1nnc2c(C(N)=O)ncn2c1=O. The van der Waals surface area contributed by atoms with Gasteiger partial charge in [-0.2, -0.15) is 4.68 Å². The molecule has 59 heavy (non-hydrogen) atoms. The molecule has 0 saturated carbocycles. The number of piperidine rings is 1. The summed E-state index contributed by atoms with van der Waals surface area (Å²) in [4.78, 5) is 82.3. The minimum atomic E-state index is -1.89. The molecule has 3 aliphatic heterocycles. The number of imidazole rings is 1. The van der Waals surface area contributed by atoms with Crippen molar-refractivity contribution in [1.82, 2.24) is 44.1 Å². The number of aryl methyl sites for hydroxylation is 2. The average molecular weight is 813 g/mol. The number of carbonyl (C=O) groups excluding carboxylic acids is 3. The molecule has 1 aromatic carbocycles. The molecule has 0 unspecified atom stereocenters. The number of nitrogens with two attached hydrogens (primary N) is 1. The molecule has 7 heterocycles. The number of fused-ring (bicyclic) bond motifs is 6. The van der Waals surface area contributed by atoms with E-state index in [-0.39, 0.29) is 53.5 Å². The number of likely N-dealkylation sites (tertiary alicyclic amines) is 1. The summed E-state index contributed by atoms with van der Waals surface area (Å²) < 4.78 is 14.7. The van der Waals surface area contributed by atoms with Gasteiger partial charge in [-0.3, -0.25) is 14.4 Å². The molecule has 1 saturated heterocycles. The maximum Gasteiger partial charge on any atom is 0.415 e. The van der Waals surface area contributed by atoms with Crippen molar-refractivity contribution in [2.45, 2.75) is 83.6 Å². The summed E-state index contributed by atoms with van der Waals surface area (Å²) in [5.41, 5.74) is 6.72. The van der Waals surface area contributed by atoms with Crippen molar-refractivity contribution < 1.29 is 38.9 Å². The van der Waals surface area contributed by atoms with Crippen LogP contribution in [0.25, 0.3) is 27.9 Å². The van der Waals surface area contributed by atoms with E-state index in [1.165, 1.54) is 13.4 Å². The summed E-state index contributed by atoms with van der Waals surface area (Å²) in [6, 6.07) is 7.33. The lowest BCUT2D eigenvalue weighted by Crippen LogP contribution is -2.46. The van der Waals surface area contributed by atoms with Gasteiger partial charge in [0, 0.05) is 49.1 Å². The number of aliphatic carboxylic acids is 1. The molecule has 5 N–H and O–H groups in total. The number of esters is 1. The van der Waals surface area contributed by atoms with E-state index in [1.807, 2.05) is 13.0 Å². The Bertz CT molecular complexity index is 2630. The molecule has 8 rings (SSSR count). The van der Waals surface area contributed by atoms with Crippen LogP contribution in [-0.2, 0) is 46.5 Å². The molecular formula is C39H44N10O10. The fraction of sp³-hybridized carbons (Fsp3) is 0.436. The van der Waals surface area contributed by atoms with Crippen molar-refractivity contribution in [1.29, 1.82) is 0 Å². The number of rotatable bonds is 10. The Kier molecular flexibility index (Phi) is 11.3. The smallest absolute Gasteiger partial charge is 0.415 e. The Morgan fingerprint density at radius 2 is 1.85 bits per heavy atom. The van der Waals surface area contributed by atoms with Gasteiger partial charge in [0.05, 0.1) is 29.0 Å². The zero-order chi connectivity index (χ0) is 42.2. The lowest BCUT2D eigenvalue weighted by molar-refractivity contribution is -0.172. The maximum atomic E-state index is 13.6. The fourth-order valence-electron chi connectivity index (χ4n) is 7.80. The van der Waals surface area contributed by atoms with Crippen LogP contribution >= 0.6 is 0 Å². The summed E-state index contributed by atoms with van der Waals surface area (Å²) in [5.74, 6) is -1.86. The molecule has 1 fully saturated rings. The highest BCUT2D eigenvalue weighted by atomic mass is 16.6. The van der Waals surface area contributed by atoms with Crippen LogP contribution in [0.15, 0.2) is 40.2 Å². The van der Waals surface area contributed by atoms with Crippen molar-refractivity contribution in [3.63, 3.8) is 0 Å². The number of pyridine rings is 2. The first-order chi connectivity index (χ1) is 28.2. The number of aromatic nitrogens is 7. The van der Waals surface area contributed by atoms with Crippen molar-refractivity contribution in [3.05, 3.63) is 79.4 Å². The summed E-state index contributed by atoms with van der Waals surface area (Å²) in [7, 11) is 1.44. The number of cyclic esters (lactones) is 1. The predicted molar refractivity (Wildman–Crippen MR) is 209 cm³/mol. The molecule has 0 radical (unpaired) electrons. The first kappa shape index (κ1) is 40.6. The number of hydrogen-bond acceptors (Lipinski definition) is 14.